The Bertz CT molecular complexity index is 673. The summed E-state index contributed by atoms with van der Waals surface area (Å²) < 4.78 is 25.7. The number of urea groups is 1. The number of hydrogen-bond donors (Lipinski definition) is 4. The van der Waals surface area contributed by atoms with E-state index >= 15 is 0 Å². The molecule has 0 spiro atoms. The second-order valence-corrected chi connectivity index (χ2v) is 7.19. The molecule has 8 nitrogen and oxygen atoms in total. The van der Waals surface area contributed by atoms with Crippen LogP contribution in [0.4, 0.5) is 4.79 Å². The topological polar surface area (TPSA) is 130 Å². The minimum Gasteiger partial charge on any atom is -0.352 e. The molecule has 1 rings (SSSR count). The fourth-order valence-corrected chi connectivity index (χ4v) is 2.73. The van der Waals surface area contributed by atoms with E-state index in [1.165, 1.54) is 19.2 Å². The lowest BCUT2D eigenvalue weighted by Crippen LogP contribution is -2.51. The monoisotopic (exact) mass is 342 g/mol. The predicted molar refractivity (Wildman–Crippen MR) is 85.9 cm³/mol. The average molecular weight is 342 g/mol. The molecule has 0 radical (unpaired) electrons. The molecule has 0 aromatic heterocycles. The summed E-state index contributed by atoms with van der Waals surface area (Å²) >= 11 is 0. The van der Waals surface area contributed by atoms with Gasteiger partial charge in [-0.15, -0.1) is 0 Å². The Kier molecular flexibility index (Phi) is 6.52. The maximum absolute atomic E-state index is 12.1. The number of nitrogens with one attached hydrogen (secondary N) is 3. The predicted octanol–water partition coefficient (Wildman–Crippen LogP) is -0.0962. The summed E-state index contributed by atoms with van der Waals surface area (Å²) in [6, 6.07) is 4.69. The van der Waals surface area contributed by atoms with Crippen LogP contribution in [0.25, 0.3) is 0 Å². The highest BCUT2D eigenvalue weighted by Gasteiger charge is 2.23. The Morgan fingerprint density at radius 3 is 2.43 bits per heavy atom. The highest BCUT2D eigenvalue weighted by atomic mass is 32.2. The number of sulfonamides is 1. The van der Waals surface area contributed by atoms with Crippen LogP contribution in [0, 0.1) is 5.92 Å². The zero-order valence-electron chi connectivity index (χ0n) is 13.3. The van der Waals surface area contributed by atoms with E-state index in [1.807, 2.05) is 0 Å². The number of nitrogens with two attached hydrogens (primary N) is 1. The zero-order chi connectivity index (χ0) is 17.6. The summed E-state index contributed by atoms with van der Waals surface area (Å²) in [6.07, 6.45) is 0. The molecule has 0 fully saturated rings. The van der Waals surface area contributed by atoms with E-state index in [0.717, 1.165) is 0 Å². The third kappa shape index (κ3) is 5.53. The van der Waals surface area contributed by atoms with Gasteiger partial charge in [0.15, 0.2) is 0 Å². The van der Waals surface area contributed by atoms with Crippen molar-refractivity contribution >= 4 is 22.0 Å². The first-order chi connectivity index (χ1) is 10.7. The van der Waals surface area contributed by atoms with Gasteiger partial charge in [0, 0.05) is 6.54 Å². The van der Waals surface area contributed by atoms with Gasteiger partial charge in [-0.2, -0.15) is 0 Å². The minimum atomic E-state index is -3.54. The number of carbonyl (C=O) groups excluding carboxylic acids is 2. The lowest BCUT2D eigenvalue weighted by atomic mass is 10.0. The summed E-state index contributed by atoms with van der Waals surface area (Å²) in [6.45, 7) is 3.69. The molecule has 23 heavy (non-hydrogen) atoms. The van der Waals surface area contributed by atoms with Gasteiger partial charge in [-0.3, -0.25) is 4.79 Å². The first kappa shape index (κ1) is 18.9. The molecule has 0 bridgehead atoms. The van der Waals surface area contributed by atoms with Gasteiger partial charge in [-0.05, 0) is 30.7 Å². The van der Waals surface area contributed by atoms with Crippen LogP contribution in [0.3, 0.4) is 0 Å². The van der Waals surface area contributed by atoms with Gasteiger partial charge in [-0.1, -0.05) is 26.0 Å². The van der Waals surface area contributed by atoms with E-state index in [1.54, 1.807) is 26.0 Å². The van der Waals surface area contributed by atoms with Crippen molar-refractivity contribution in [1.29, 1.82) is 0 Å². The molecule has 5 N–H and O–H groups in total. The highest BCUT2D eigenvalue weighted by molar-refractivity contribution is 7.89. The number of carbonyl (C=O) groups is 2. The smallest absolute Gasteiger partial charge is 0.312 e. The third-order valence-corrected chi connectivity index (χ3v) is 4.60. The molecule has 0 aliphatic rings. The molecule has 0 aliphatic carbocycles. The van der Waals surface area contributed by atoms with Gasteiger partial charge in [0.05, 0.1) is 4.90 Å². The van der Waals surface area contributed by atoms with Crippen LogP contribution in [-0.4, -0.2) is 33.4 Å². The van der Waals surface area contributed by atoms with E-state index in [9.17, 15) is 18.0 Å². The molecular weight excluding hydrogens is 320 g/mol. The van der Waals surface area contributed by atoms with Crippen molar-refractivity contribution in [2.45, 2.75) is 31.3 Å². The summed E-state index contributed by atoms with van der Waals surface area (Å²) in [5, 5.41) is 5.04. The molecule has 1 unspecified atom stereocenters. The average Bonchev–Trinajstić information content (AvgIpc) is 2.50. The molecule has 0 saturated heterocycles. The van der Waals surface area contributed by atoms with Crippen LogP contribution in [0.5, 0.6) is 0 Å². The molecule has 1 aromatic carbocycles. The Labute approximate surface area is 135 Å². The lowest BCUT2D eigenvalue weighted by molar-refractivity contribution is -0.124. The Hall–Kier alpha value is -2.13. The van der Waals surface area contributed by atoms with Crippen LogP contribution in [0.2, 0.25) is 0 Å². The molecular formula is C14H22N4O4S. The fourth-order valence-electron chi connectivity index (χ4n) is 1.93. The van der Waals surface area contributed by atoms with Crippen molar-refractivity contribution in [2.75, 3.05) is 7.05 Å². The maximum atomic E-state index is 12.1. The summed E-state index contributed by atoms with van der Waals surface area (Å²) in [5.74, 6) is -0.529. The summed E-state index contributed by atoms with van der Waals surface area (Å²) in [5.41, 5.74) is 5.68. The first-order valence-corrected chi connectivity index (χ1v) is 8.52. The van der Waals surface area contributed by atoms with Crippen molar-refractivity contribution in [2.24, 2.45) is 11.7 Å². The fraction of sp³-hybridized carbons (Fsp3) is 0.429. The normalized spacial score (nSPS) is 12.7. The molecule has 3 amide bonds. The van der Waals surface area contributed by atoms with Crippen LogP contribution < -0.4 is 21.1 Å². The maximum Gasteiger partial charge on any atom is 0.312 e. The molecule has 0 aliphatic heterocycles. The van der Waals surface area contributed by atoms with Gasteiger partial charge in [0.1, 0.15) is 6.04 Å². The first-order valence-electron chi connectivity index (χ1n) is 7.03. The van der Waals surface area contributed by atoms with Gasteiger partial charge in [0.25, 0.3) is 0 Å². The largest absolute Gasteiger partial charge is 0.352 e. The number of hydrogen-bond acceptors (Lipinski definition) is 4. The minimum absolute atomic E-state index is 0.113. The molecule has 0 saturated carbocycles. The Morgan fingerprint density at radius 1 is 1.26 bits per heavy atom. The zero-order valence-corrected chi connectivity index (χ0v) is 14.1. The highest BCUT2D eigenvalue weighted by Crippen LogP contribution is 2.11. The molecule has 9 heteroatoms. The standard InChI is InChI=1S/C14H22N4O4S/c1-9(2)12(18-14(15)20)13(19)17-8-10-5-4-6-11(7-10)23(21,22)16-3/h4-7,9,12,16H,8H2,1-3H3,(H,17,19)(H3,15,18,20). The summed E-state index contributed by atoms with van der Waals surface area (Å²) in [7, 11) is -2.22. The van der Waals surface area contributed by atoms with Gasteiger partial charge in [-0.25, -0.2) is 17.9 Å². The molecule has 1 atom stereocenters. The molecule has 1 aromatic rings. The quantitative estimate of drug-likeness (QED) is 0.551. The van der Waals surface area contributed by atoms with Crippen molar-refractivity contribution in [1.82, 2.24) is 15.4 Å². The Balaban J connectivity index is 2.80. The van der Waals surface area contributed by atoms with E-state index in [0.29, 0.717) is 5.56 Å². The van der Waals surface area contributed by atoms with E-state index in [2.05, 4.69) is 15.4 Å². The lowest BCUT2D eigenvalue weighted by Gasteiger charge is -2.20. The van der Waals surface area contributed by atoms with E-state index in [4.69, 9.17) is 5.73 Å². The number of amides is 3. The van der Waals surface area contributed by atoms with Gasteiger partial charge >= 0.3 is 6.03 Å². The van der Waals surface area contributed by atoms with E-state index in [-0.39, 0.29) is 23.3 Å². The van der Waals surface area contributed by atoms with Crippen LogP contribution in [0.1, 0.15) is 19.4 Å². The van der Waals surface area contributed by atoms with Crippen LogP contribution >= 0.6 is 0 Å². The molecule has 128 valence electrons. The van der Waals surface area contributed by atoms with Gasteiger partial charge in [0.2, 0.25) is 15.9 Å². The second kappa shape index (κ2) is 7.93. The molecule has 0 heterocycles. The number of benzene rings is 1. The third-order valence-electron chi connectivity index (χ3n) is 3.19. The van der Waals surface area contributed by atoms with Crippen LogP contribution in [0.15, 0.2) is 29.2 Å². The van der Waals surface area contributed by atoms with Crippen molar-refractivity contribution in [3.8, 4) is 0 Å². The SMILES string of the molecule is CNS(=O)(=O)c1cccc(CNC(=O)C(NC(N)=O)C(C)C)c1. The van der Waals surface area contributed by atoms with Crippen molar-refractivity contribution in [3.05, 3.63) is 29.8 Å². The second-order valence-electron chi connectivity index (χ2n) is 5.30. The Morgan fingerprint density at radius 2 is 1.91 bits per heavy atom. The van der Waals surface area contributed by atoms with Crippen LogP contribution in [-0.2, 0) is 21.4 Å². The number of primary amides is 1. The van der Waals surface area contributed by atoms with Gasteiger partial charge < -0.3 is 16.4 Å². The van der Waals surface area contributed by atoms with Crippen molar-refractivity contribution < 1.29 is 18.0 Å². The van der Waals surface area contributed by atoms with Crippen molar-refractivity contribution in [3.63, 3.8) is 0 Å². The summed E-state index contributed by atoms with van der Waals surface area (Å²) in [4.78, 5) is 23.2. The van der Waals surface area contributed by atoms with E-state index < -0.39 is 22.1 Å². The number of rotatable bonds is 7.